The quantitative estimate of drug-likeness (QED) is 0.345. The summed E-state index contributed by atoms with van der Waals surface area (Å²) in [6.07, 6.45) is 10.2. The van der Waals surface area contributed by atoms with Gasteiger partial charge < -0.3 is 24.4 Å². The number of guanidine groups is 1. The number of nitrogens with one attached hydrogen (secondary N) is 1. The van der Waals surface area contributed by atoms with Crippen LogP contribution in [0.25, 0.3) is 0 Å². The highest BCUT2D eigenvalue weighted by molar-refractivity contribution is 5.80. The third kappa shape index (κ3) is 7.96. The van der Waals surface area contributed by atoms with Crippen molar-refractivity contribution in [3.63, 3.8) is 0 Å². The topological polar surface area (TPSA) is 68.2 Å². The molecule has 174 valence electrons. The average Bonchev–Trinajstić information content (AvgIpc) is 2.82. The van der Waals surface area contributed by atoms with E-state index in [-0.39, 0.29) is 0 Å². The Morgan fingerprint density at radius 1 is 1.26 bits per heavy atom. The van der Waals surface area contributed by atoms with Gasteiger partial charge in [0, 0.05) is 38.0 Å². The Labute approximate surface area is 187 Å². The number of aliphatic imine (C=N–C) groups is 1. The largest absolute Gasteiger partial charge is 0.477 e. The van der Waals surface area contributed by atoms with Crippen molar-refractivity contribution in [1.29, 1.82) is 0 Å². The average molecular weight is 433 g/mol. The van der Waals surface area contributed by atoms with E-state index in [1.165, 1.54) is 12.8 Å². The summed E-state index contributed by atoms with van der Waals surface area (Å²) in [6, 6.07) is 4.00. The zero-order valence-corrected chi connectivity index (χ0v) is 19.4. The van der Waals surface area contributed by atoms with E-state index in [0.717, 1.165) is 76.5 Å². The molecule has 0 spiro atoms. The normalized spacial score (nSPS) is 20.6. The van der Waals surface area contributed by atoms with Crippen molar-refractivity contribution in [1.82, 2.24) is 15.2 Å². The Balaban J connectivity index is 1.50. The van der Waals surface area contributed by atoms with E-state index in [9.17, 15) is 0 Å². The van der Waals surface area contributed by atoms with Gasteiger partial charge in [-0.25, -0.2) is 9.98 Å². The van der Waals surface area contributed by atoms with Crippen molar-refractivity contribution in [2.45, 2.75) is 77.5 Å². The molecular weight excluding hydrogens is 392 g/mol. The van der Waals surface area contributed by atoms with Crippen LogP contribution < -0.4 is 10.1 Å². The Hall–Kier alpha value is -1.86. The van der Waals surface area contributed by atoms with Gasteiger partial charge in [-0.2, -0.15) is 0 Å². The molecule has 0 saturated carbocycles. The number of ether oxygens (including phenoxy) is 3. The van der Waals surface area contributed by atoms with Crippen molar-refractivity contribution in [2.75, 3.05) is 39.5 Å². The smallest absolute Gasteiger partial charge is 0.218 e. The maximum atomic E-state index is 6.17. The van der Waals surface area contributed by atoms with Gasteiger partial charge in [0.1, 0.15) is 0 Å². The fourth-order valence-corrected chi connectivity index (χ4v) is 3.99. The highest BCUT2D eigenvalue weighted by atomic mass is 16.5. The van der Waals surface area contributed by atoms with Gasteiger partial charge in [-0.3, -0.25) is 0 Å². The van der Waals surface area contributed by atoms with Gasteiger partial charge in [0.05, 0.1) is 32.0 Å². The summed E-state index contributed by atoms with van der Waals surface area (Å²) in [5.74, 6) is 1.66. The molecule has 1 aromatic rings. The first-order valence-electron chi connectivity index (χ1n) is 12.1. The first-order chi connectivity index (χ1) is 15.3. The van der Waals surface area contributed by atoms with Crippen LogP contribution in [0.2, 0.25) is 0 Å². The van der Waals surface area contributed by atoms with E-state index in [1.54, 1.807) is 6.20 Å². The van der Waals surface area contributed by atoms with Gasteiger partial charge in [-0.15, -0.1) is 0 Å². The summed E-state index contributed by atoms with van der Waals surface area (Å²) >= 11 is 0. The van der Waals surface area contributed by atoms with Crippen molar-refractivity contribution in [3.8, 4) is 5.88 Å². The molecule has 0 aromatic carbocycles. The third-order valence-electron chi connectivity index (χ3n) is 5.85. The predicted molar refractivity (Wildman–Crippen MR) is 124 cm³/mol. The lowest BCUT2D eigenvalue weighted by atomic mass is 10.1. The van der Waals surface area contributed by atoms with E-state index < -0.39 is 0 Å². The van der Waals surface area contributed by atoms with Crippen LogP contribution in [0.3, 0.4) is 0 Å². The van der Waals surface area contributed by atoms with Crippen molar-refractivity contribution >= 4 is 5.96 Å². The standard InChI is InChI=1S/C24H40N4O3/c1-3-5-16-30-23-20(9-8-13-26-23)18-27-24(25-4-2)28-14-11-21(12-15-28)31-19-22-10-6-7-17-29-22/h8-9,13,21-22H,3-7,10-12,14-19H2,1-2H3,(H,25,27). The Morgan fingerprint density at radius 2 is 2.13 bits per heavy atom. The fraction of sp³-hybridized carbons (Fsp3) is 0.750. The van der Waals surface area contributed by atoms with Crippen LogP contribution in [-0.4, -0.2) is 67.5 Å². The molecule has 0 radical (unpaired) electrons. The number of aromatic nitrogens is 1. The lowest BCUT2D eigenvalue weighted by molar-refractivity contribution is -0.0721. The van der Waals surface area contributed by atoms with Gasteiger partial charge in [0.15, 0.2) is 5.96 Å². The van der Waals surface area contributed by atoms with Crippen molar-refractivity contribution in [2.24, 2.45) is 4.99 Å². The maximum absolute atomic E-state index is 6.17. The summed E-state index contributed by atoms with van der Waals surface area (Å²) in [4.78, 5) is 11.6. The number of nitrogens with zero attached hydrogens (tertiary/aromatic N) is 3. The molecule has 2 aliphatic rings. The highest BCUT2D eigenvalue weighted by Gasteiger charge is 2.24. The minimum atomic E-state index is 0.291. The number of pyridine rings is 1. The van der Waals surface area contributed by atoms with Crippen LogP contribution in [0.5, 0.6) is 5.88 Å². The zero-order valence-electron chi connectivity index (χ0n) is 19.4. The molecule has 1 atom stereocenters. The molecule has 2 aliphatic heterocycles. The minimum Gasteiger partial charge on any atom is -0.477 e. The Kier molecular flexibility index (Phi) is 10.4. The van der Waals surface area contributed by atoms with Crippen LogP contribution in [0.15, 0.2) is 23.3 Å². The first-order valence-corrected chi connectivity index (χ1v) is 12.1. The zero-order chi connectivity index (χ0) is 21.7. The molecule has 2 saturated heterocycles. The number of likely N-dealkylation sites (tertiary alicyclic amines) is 1. The Bertz CT molecular complexity index is 656. The summed E-state index contributed by atoms with van der Waals surface area (Å²) < 4.78 is 17.8. The van der Waals surface area contributed by atoms with Gasteiger partial charge in [-0.05, 0) is 51.5 Å². The van der Waals surface area contributed by atoms with E-state index >= 15 is 0 Å². The number of piperidine rings is 1. The molecule has 0 aliphatic carbocycles. The molecule has 0 amide bonds. The first kappa shape index (κ1) is 23.8. The van der Waals surface area contributed by atoms with Crippen LogP contribution in [-0.2, 0) is 16.0 Å². The summed E-state index contributed by atoms with van der Waals surface area (Å²) in [6.45, 7) is 9.91. The molecule has 2 fully saturated rings. The van der Waals surface area contributed by atoms with Crippen molar-refractivity contribution < 1.29 is 14.2 Å². The van der Waals surface area contributed by atoms with Crippen LogP contribution in [0.1, 0.15) is 64.4 Å². The summed E-state index contributed by atoms with van der Waals surface area (Å²) in [7, 11) is 0. The summed E-state index contributed by atoms with van der Waals surface area (Å²) in [5.41, 5.74) is 1.03. The SMILES string of the molecule is CCCCOc1ncccc1CN=C(NCC)N1CCC(OCC2CCCCO2)CC1. The van der Waals surface area contributed by atoms with E-state index in [0.29, 0.717) is 31.2 Å². The van der Waals surface area contributed by atoms with Crippen LogP contribution >= 0.6 is 0 Å². The number of rotatable bonds is 10. The molecule has 3 heterocycles. The lowest BCUT2D eigenvalue weighted by Gasteiger charge is -2.35. The molecule has 7 heteroatoms. The molecule has 31 heavy (non-hydrogen) atoms. The molecular formula is C24H40N4O3. The second kappa shape index (κ2) is 13.5. The second-order valence-corrected chi connectivity index (χ2v) is 8.35. The molecule has 3 rings (SSSR count). The van der Waals surface area contributed by atoms with E-state index in [2.05, 4.69) is 35.1 Å². The molecule has 7 nitrogen and oxygen atoms in total. The maximum Gasteiger partial charge on any atom is 0.218 e. The number of hydrogen-bond donors (Lipinski definition) is 1. The molecule has 0 bridgehead atoms. The second-order valence-electron chi connectivity index (χ2n) is 8.35. The van der Waals surface area contributed by atoms with Crippen molar-refractivity contribution in [3.05, 3.63) is 23.9 Å². The predicted octanol–water partition coefficient (Wildman–Crippen LogP) is 3.78. The highest BCUT2D eigenvalue weighted by Crippen LogP contribution is 2.19. The van der Waals surface area contributed by atoms with Gasteiger partial charge in [0.25, 0.3) is 0 Å². The number of unbranched alkanes of at least 4 members (excludes halogenated alkanes) is 1. The summed E-state index contributed by atoms with van der Waals surface area (Å²) in [5, 5.41) is 3.45. The van der Waals surface area contributed by atoms with E-state index in [1.807, 2.05) is 6.07 Å². The van der Waals surface area contributed by atoms with E-state index in [4.69, 9.17) is 19.2 Å². The van der Waals surface area contributed by atoms with Gasteiger partial charge in [-0.1, -0.05) is 19.4 Å². The lowest BCUT2D eigenvalue weighted by Crippen LogP contribution is -2.47. The van der Waals surface area contributed by atoms with Gasteiger partial charge >= 0.3 is 0 Å². The molecule has 1 aromatic heterocycles. The van der Waals surface area contributed by atoms with Crippen LogP contribution in [0, 0.1) is 0 Å². The Morgan fingerprint density at radius 3 is 2.87 bits per heavy atom. The molecule has 1 unspecified atom stereocenters. The fourth-order valence-electron chi connectivity index (χ4n) is 3.99. The third-order valence-corrected chi connectivity index (χ3v) is 5.85. The minimum absolute atomic E-state index is 0.291. The molecule has 1 N–H and O–H groups in total. The number of hydrogen-bond acceptors (Lipinski definition) is 5. The van der Waals surface area contributed by atoms with Gasteiger partial charge in [0.2, 0.25) is 5.88 Å². The van der Waals surface area contributed by atoms with Crippen LogP contribution in [0.4, 0.5) is 0 Å². The monoisotopic (exact) mass is 432 g/mol.